The van der Waals surface area contributed by atoms with E-state index in [9.17, 15) is 45.3 Å². The van der Waals surface area contributed by atoms with E-state index in [4.69, 9.17) is 37.9 Å². The molecular formula is C32H58N2O17. The average Bonchev–Trinajstić information content (AvgIpc) is 3.12. The molecule has 0 aromatic heterocycles. The first-order valence-electron chi connectivity index (χ1n) is 17.3. The monoisotopic (exact) mass is 742 g/mol. The minimum absolute atomic E-state index is 0.00259. The number of carbonyl (C=O) groups excluding carboxylic acids is 2. The van der Waals surface area contributed by atoms with Crippen LogP contribution in [0.25, 0.3) is 0 Å². The van der Waals surface area contributed by atoms with Gasteiger partial charge < -0.3 is 84.3 Å². The van der Waals surface area contributed by atoms with Crippen molar-refractivity contribution in [2.75, 3.05) is 87.3 Å². The lowest BCUT2D eigenvalue weighted by atomic mass is 9.85. The third-order valence-corrected chi connectivity index (χ3v) is 9.75. The quantitative estimate of drug-likeness (QED) is 0.0565. The highest BCUT2D eigenvalue weighted by molar-refractivity contribution is 5.77. The van der Waals surface area contributed by atoms with Gasteiger partial charge in [0.15, 0.2) is 0 Å². The minimum Gasteiger partial charge on any atom is -0.394 e. The van der Waals surface area contributed by atoms with Gasteiger partial charge in [-0.3, -0.25) is 9.59 Å². The second-order valence-electron chi connectivity index (χ2n) is 13.1. The molecule has 51 heavy (non-hydrogen) atoms. The van der Waals surface area contributed by atoms with Gasteiger partial charge in [-0.2, -0.15) is 0 Å². The maximum Gasteiger partial charge on any atom is 0.245 e. The predicted molar refractivity (Wildman–Crippen MR) is 173 cm³/mol. The van der Waals surface area contributed by atoms with E-state index < -0.39 is 97.6 Å². The van der Waals surface area contributed by atoms with Crippen LogP contribution in [0.2, 0.25) is 0 Å². The molecule has 19 heteroatoms. The molecule has 3 saturated heterocycles. The maximum absolute atomic E-state index is 11.6. The van der Waals surface area contributed by atoms with Gasteiger partial charge in [0.2, 0.25) is 11.8 Å². The molecule has 9 N–H and O–H groups in total. The molecule has 19 nitrogen and oxygen atoms in total. The molecule has 3 aliphatic rings. The van der Waals surface area contributed by atoms with Gasteiger partial charge in [-0.25, -0.2) is 0 Å². The van der Waals surface area contributed by atoms with Crippen molar-refractivity contribution < 1.29 is 83.2 Å². The fourth-order valence-electron chi connectivity index (χ4n) is 6.62. The molecule has 15 atom stereocenters. The Hall–Kier alpha value is -1.66. The second kappa shape index (κ2) is 21.9. The predicted octanol–water partition coefficient (Wildman–Crippen LogP) is -5.09. The van der Waals surface area contributed by atoms with E-state index in [-0.39, 0.29) is 71.3 Å². The lowest BCUT2D eigenvalue weighted by molar-refractivity contribution is -0.248. The normalized spacial score (nSPS) is 38.7. The summed E-state index contributed by atoms with van der Waals surface area (Å²) in [5.74, 6) is -2.86. The molecule has 0 saturated carbocycles. The highest BCUT2D eigenvalue weighted by Gasteiger charge is 2.48. The number of aliphatic hydroxyl groups excluding tert-OH is 7. The van der Waals surface area contributed by atoms with Gasteiger partial charge in [-0.15, -0.1) is 0 Å². The van der Waals surface area contributed by atoms with Crippen molar-refractivity contribution in [2.24, 2.45) is 17.8 Å². The van der Waals surface area contributed by atoms with E-state index in [1.54, 1.807) is 0 Å². The number of aliphatic hydroxyl groups is 7. The van der Waals surface area contributed by atoms with E-state index >= 15 is 0 Å². The zero-order valence-corrected chi connectivity index (χ0v) is 29.7. The van der Waals surface area contributed by atoms with Gasteiger partial charge in [-0.1, -0.05) is 6.92 Å². The SMILES string of the molecule is CCC1C(COCC(=O)NC)OC(COCC2C(CO)OC(COCC3C(COCC(=O)NC)OC(COC)C(O)C3O)C(O)C2O)C(O)C1O. The number of carbonyl (C=O) groups is 2. The Bertz CT molecular complexity index is 1030. The summed E-state index contributed by atoms with van der Waals surface area (Å²) in [6.45, 7) is -0.137. The molecule has 0 spiro atoms. The van der Waals surface area contributed by atoms with Crippen LogP contribution in [0.4, 0.5) is 0 Å². The summed E-state index contributed by atoms with van der Waals surface area (Å²) in [6.07, 6.45) is -12.8. The summed E-state index contributed by atoms with van der Waals surface area (Å²) in [5.41, 5.74) is 0. The molecular weight excluding hydrogens is 684 g/mol. The van der Waals surface area contributed by atoms with Crippen LogP contribution in [0.3, 0.4) is 0 Å². The minimum atomic E-state index is -1.47. The average molecular weight is 743 g/mol. The van der Waals surface area contributed by atoms with Gasteiger partial charge in [0.1, 0.15) is 49.8 Å². The number of hydrogen-bond donors (Lipinski definition) is 9. The molecule has 298 valence electrons. The van der Waals surface area contributed by atoms with E-state index in [1.807, 2.05) is 6.92 Å². The largest absolute Gasteiger partial charge is 0.394 e. The molecule has 0 radical (unpaired) electrons. The molecule has 0 bridgehead atoms. The Labute approximate surface area is 297 Å². The summed E-state index contributed by atoms with van der Waals surface area (Å²) < 4.78 is 45.3. The standard InChI is InChI=1S/C32H58N2O17/c1-5-16-20(10-47-14-25(36)33-2)50-24(31(42)27(16)38)13-45-7-17-19(6-35)49-23(32(43)28(17)39)12-46-8-18-21(11-48-15-26(37)34-3)51-22(9-44-4)30(41)29(18)40/h16-24,27-32,35,38-43H,5-15H2,1-4H3,(H,33,36)(H,34,37). The Kier molecular flexibility index (Phi) is 18.8. The van der Waals surface area contributed by atoms with Gasteiger partial charge >= 0.3 is 0 Å². The number of amides is 2. The number of nitrogens with one attached hydrogen (secondary N) is 2. The van der Waals surface area contributed by atoms with Crippen molar-refractivity contribution in [1.29, 1.82) is 0 Å². The van der Waals surface area contributed by atoms with Crippen LogP contribution in [0.15, 0.2) is 0 Å². The Balaban J connectivity index is 1.54. The van der Waals surface area contributed by atoms with Crippen LogP contribution in [0.5, 0.6) is 0 Å². The number of methoxy groups -OCH3 is 1. The van der Waals surface area contributed by atoms with Gasteiger partial charge in [0.25, 0.3) is 0 Å². The van der Waals surface area contributed by atoms with Crippen LogP contribution in [0, 0.1) is 17.8 Å². The number of likely N-dealkylation sites (N-methyl/N-ethyl adjacent to an activating group) is 2. The Morgan fingerprint density at radius 3 is 1.31 bits per heavy atom. The second-order valence-corrected chi connectivity index (χ2v) is 13.1. The Morgan fingerprint density at radius 1 is 0.529 bits per heavy atom. The molecule has 0 aromatic rings. The van der Waals surface area contributed by atoms with Crippen LogP contribution in [-0.4, -0.2) is 208 Å². The molecule has 3 aliphatic heterocycles. The first-order chi connectivity index (χ1) is 24.4. The third-order valence-electron chi connectivity index (χ3n) is 9.75. The highest BCUT2D eigenvalue weighted by atomic mass is 16.6. The van der Waals surface area contributed by atoms with Crippen molar-refractivity contribution in [3.8, 4) is 0 Å². The number of ether oxygens (including phenoxy) is 8. The lowest BCUT2D eigenvalue weighted by Gasteiger charge is -2.44. The summed E-state index contributed by atoms with van der Waals surface area (Å²) in [7, 11) is 4.35. The van der Waals surface area contributed by atoms with E-state index in [0.717, 1.165) is 0 Å². The summed E-state index contributed by atoms with van der Waals surface area (Å²) in [5, 5.41) is 79.9. The maximum atomic E-state index is 11.6. The van der Waals surface area contributed by atoms with Crippen LogP contribution >= 0.6 is 0 Å². The van der Waals surface area contributed by atoms with Crippen molar-refractivity contribution in [3.05, 3.63) is 0 Å². The fraction of sp³-hybridized carbons (Fsp3) is 0.938. The number of hydrogen-bond acceptors (Lipinski definition) is 17. The van der Waals surface area contributed by atoms with Crippen LogP contribution in [0.1, 0.15) is 13.3 Å². The highest BCUT2D eigenvalue weighted by Crippen LogP contribution is 2.32. The molecule has 15 unspecified atom stereocenters. The molecule has 3 rings (SSSR count). The smallest absolute Gasteiger partial charge is 0.245 e. The molecule has 2 amide bonds. The summed E-state index contributed by atoms with van der Waals surface area (Å²) >= 11 is 0. The molecule has 3 fully saturated rings. The third kappa shape index (κ3) is 11.9. The van der Waals surface area contributed by atoms with E-state index in [0.29, 0.717) is 6.42 Å². The van der Waals surface area contributed by atoms with Crippen molar-refractivity contribution in [1.82, 2.24) is 10.6 Å². The molecule has 0 aromatic carbocycles. The lowest BCUT2D eigenvalue weighted by Crippen LogP contribution is -2.59. The van der Waals surface area contributed by atoms with Gasteiger partial charge in [-0.05, 0) is 6.42 Å². The van der Waals surface area contributed by atoms with E-state index in [2.05, 4.69) is 10.6 Å². The van der Waals surface area contributed by atoms with Crippen molar-refractivity contribution in [3.63, 3.8) is 0 Å². The fourth-order valence-corrected chi connectivity index (χ4v) is 6.62. The molecule has 0 aliphatic carbocycles. The topological polar surface area (TPSA) is 274 Å². The number of rotatable bonds is 20. The van der Waals surface area contributed by atoms with Crippen molar-refractivity contribution in [2.45, 2.75) is 86.6 Å². The van der Waals surface area contributed by atoms with Crippen LogP contribution < -0.4 is 10.6 Å². The zero-order chi connectivity index (χ0) is 37.7. The summed E-state index contributed by atoms with van der Waals surface area (Å²) in [6, 6.07) is 0. The first kappa shape index (κ1) is 43.7. The van der Waals surface area contributed by atoms with Crippen molar-refractivity contribution >= 4 is 11.8 Å². The van der Waals surface area contributed by atoms with E-state index in [1.165, 1.54) is 21.2 Å². The molecule has 3 heterocycles. The first-order valence-corrected chi connectivity index (χ1v) is 17.3. The van der Waals surface area contributed by atoms with Gasteiger partial charge in [0.05, 0.1) is 89.5 Å². The summed E-state index contributed by atoms with van der Waals surface area (Å²) in [4.78, 5) is 23.1. The zero-order valence-electron chi connectivity index (χ0n) is 29.7. The van der Waals surface area contributed by atoms with Gasteiger partial charge in [0, 0.05) is 39.0 Å². The van der Waals surface area contributed by atoms with Crippen LogP contribution in [-0.2, 0) is 47.5 Å². The Morgan fingerprint density at radius 2 is 0.902 bits per heavy atom.